The minimum atomic E-state index is -0.639. The van der Waals surface area contributed by atoms with Crippen LogP contribution in [0.1, 0.15) is 30.6 Å². The number of ether oxygens (including phenoxy) is 1. The summed E-state index contributed by atoms with van der Waals surface area (Å²) in [5.41, 5.74) is 1.39. The molecule has 4 nitrogen and oxygen atoms in total. The van der Waals surface area contributed by atoms with Gasteiger partial charge >= 0.3 is 0 Å². The largest absolute Gasteiger partial charge is 0.494 e. The number of aliphatic hydroxyl groups excluding tert-OH is 1. The zero-order chi connectivity index (χ0) is 17.5. The lowest BCUT2D eigenvalue weighted by molar-refractivity contribution is -0.121. The zero-order valence-corrected chi connectivity index (χ0v) is 13.8. The fraction of sp³-hybridized carbons (Fsp3) is 0.316. The van der Waals surface area contributed by atoms with Crippen molar-refractivity contribution in [2.24, 2.45) is 0 Å². The van der Waals surface area contributed by atoms with Crippen molar-refractivity contribution in [2.75, 3.05) is 7.11 Å². The third-order valence-electron chi connectivity index (χ3n) is 3.75. The molecule has 1 amide bonds. The lowest BCUT2D eigenvalue weighted by Gasteiger charge is -2.18. The predicted molar refractivity (Wildman–Crippen MR) is 90.3 cm³/mol. The first-order valence-corrected chi connectivity index (χ1v) is 7.84. The summed E-state index contributed by atoms with van der Waals surface area (Å²) in [6.07, 6.45) is -0.153. The monoisotopic (exact) mass is 331 g/mol. The summed E-state index contributed by atoms with van der Waals surface area (Å²) in [5.74, 6) is -0.554. The van der Waals surface area contributed by atoms with Crippen LogP contribution in [-0.2, 0) is 11.2 Å². The van der Waals surface area contributed by atoms with Crippen LogP contribution in [0.5, 0.6) is 5.75 Å². The summed E-state index contributed by atoms with van der Waals surface area (Å²) in [5, 5.41) is 13.0. The van der Waals surface area contributed by atoms with E-state index >= 15 is 0 Å². The van der Waals surface area contributed by atoms with Crippen LogP contribution >= 0.6 is 0 Å². The standard InChI is InChI=1S/C19H22FNO3/c1-13(10-17(22)15-6-4-3-5-7-15)21-19(23)12-14-8-9-18(24-2)16(20)11-14/h3-9,11,13,17,22H,10,12H2,1-2H3,(H,21,23)/t13-,17+/m1/s1. The molecule has 2 aromatic carbocycles. The quantitative estimate of drug-likeness (QED) is 0.820. The molecule has 0 saturated heterocycles. The summed E-state index contributed by atoms with van der Waals surface area (Å²) in [7, 11) is 1.39. The summed E-state index contributed by atoms with van der Waals surface area (Å²) < 4.78 is 18.5. The maximum absolute atomic E-state index is 13.6. The average molecular weight is 331 g/mol. The molecule has 0 unspecified atom stereocenters. The first-order valence-electron chi connectivity index (χ1n) is 7.84. The van der Waals surface area contributed by atoms with E-state index in [1.54, 1.807) is 6.07 Å². The Morgan fingerprint density at radius 3 is 2.58 bits per heavy atom. The highest BCUT2D eigenvalue weighted by Gasteiger charge is 2.15. The first-order chi connectivity index (χ1) is 11.5. The van der Waals surface area contributed by atoms with Gasteiger partial charge in [-0.15, -0.1) is 0 Å². The molecule has 24 heavy (non-hydrogen) atoms. The Bertz CT molecular complexity index is 676. The van der Waals surface area contributed by atoms with Crippen LogP contribution in [-0.4, -0.2) is 24.2 Å². The van der Waals surface area contributed by atoms with Crippen LogP contribution < -0.4 is 10.1 Å². The third-order valence-corrected chi connectivity index (χ3v) is 3.75. The van der Waals surface area contributed by atoms with Gasteiger partial charge in [0.05, 0.1) is 19.6 Å². The third kappa shape index (κ3) is 5.06. The molecule has 0 saturated carbocycles. The number of aliphatic hydroxyl groups is 1. The van der Waals surface area contributed by atoms with Crippen molar-refractivity contribution in [1.29, 1.82) is 0 Å². The molecule has 2 aromatic rings. The molecule has 0 spiro atoms. The van der Waals surface area contributed by atoms with Crippen molar-refractivity contribution in [1.82, 2.24) is 5.32 Å². The second-order valence-electron chi connectivity index (χ2n) is 5.78. The molecule has 2 N–H and O–H groups in total. The molecule has 5 heteroatoms. The average Bonchev–Trinajstić information content (AvgIpc) is 2.55. The molecule has 0 heterocycles. The minimum absolute atomic E-state index is 0.0761. The maximum Gasteiger partial charge on any atom is 0.224 e. The van der Waals surface area contributed by atoms with Crippen molar-refractivity contribution < 1.29 is 19.0 Å². The Morgan fingerprint density at radius 2 is 1.96 bits per heavy atom. The SMILES string of the molecule is COc1ccc(CC(=O)N[C@H](C)C[C@H](O)c2ccccc2)cc1F. The van der Waals surface area contributed by atoms with Crippen molar-refractivity contribution >= 4 is 5.91 Å². The van der Waals surface area contributed by atoms with Crippen molar-refractivity contribution in [3.63, 3.8) is 0 Å². The Labute approximate surface area is 141 Å². The molecule has 2 rings (SSSR count). The van der Waals surface area contributed by atoms with Crippen LogP contribution in [0.15, 0.2) is 48.5 Å². The Balaban J connectivity index is 1.86. The molecule has 0 aliphatic carbocycles. The van der Waals surface area contributed by atoms with E-state index in [9.17, 15) is 14.3 Å². The number of carbonyl (C=O) groups is 1. The second-order valence-corrected chi connectivity index (χ2v) is 5.78. The smallest absolute Gasteiger partial charge is 0.224 e. The molecule has 0 bridgehead atoms. The molecule has 0 aromatic heterocycles. The summed E-state index contributed by atoms with van der Waals surface area (Å²) >= 11 is 0. The molecular weight excluding hydrogens is 309 g/mol. The van der Waals surface area contributed by atoms with Crippen LogP contribution in [0.25, 0.3) is 0 Å². The molecule has 0 aliphatic rings. The van der Waals surface area contributed by atoms with Gasteiger partial charge in [-0.25, -0.2) is 4.39 Å². The summed E-state index contributed by atoms with van der Waals surface area (Å²) in [6, 6.07) is 13.6. The van der Waals surface area contributed by atoms with E-state index in [4.69, 9.17) is 4.74 Å². The lowest BCUT2D eigenvalue weighted by Crippen LogP contribution is -2.34. The van der Waals surface area contributed by atoms with Gasteiger partial charge in [-0.05, 0) is 36.6 Å². The number of amides is 1. The Kier molecular flexibility index (Phi) is 6.32. The van der Waals surface area contributed by atoms with E-state index in [0.29, 0.717) is 12.0 Å². The molecule has 0 radical (unpaired) electrons. The van der Waals surface area contributed by atoms with Crippen molar-refractivity contribution in [2.45, 2.75) is 31.9 Å². The van der Waals surface area contributed by atoms with E-state index in [-0.39, 0.29) is 24.1 Å². The molecule has 2 atom stereocenters. The fourth-order valence-corrected chi connectivity index (χ4v) is 2.54. The van der Waals surface area contributed by atoms with Gasteiger partial charge in [0.1, 0.15) is 0 Å². The number of rotatable bonds is 7. The molecule has 128 valence electrons. The van der Waals surface area contributed by atoms with Gasteiger partial charge in [0.25, 0.3) is 0 Å². The first kappa shape index (κ1) is 17.9. The van der Waals surface area contributed by atoms with Gasteiger partial charge in [0, 0.05) is 6.04 Å². The van der Waals surface area contributed by atoms with Crippen molar-refractivity contribution in [3.05, 3.63) is 65.5 Å². The summed E-state index contributed by atoms with van der Waals surface area (Å²) in [6.45, 7) is 1.83. The normalized spacial score (nSPS) is 13.2. The highest BCUT2D eigenvalue weighted by Crippen LogP contribution is 2.19. The number of carbonyl (C=O) groups excluding carboxylic acids is 1. The Hall–Kier alpha value is -2.40. The highest BCUT2D eigenvalue weighted by molar-refractivity contribution is 5.78. The molecule has 0 aliphatic heterocycles. The van der Waals surface area contributed by atoms with Gasteiger partial charge < -0.3 is 15.2 Å². The van der Waals surface area contributed by atoms with Crippen molar-refractivity contribution in [3.8, 4) is 5.75 Å². The zero-order valence-electron chi connectivity index (χ0n) is 13.8. The van der Waals surface area contributed by atoms with Gasteiger partial charge in [-0.3, -0.25) is 4.79 Å². The van der Waals surface area contributed by atoms with Crippen LogP contribution in [0.3, 0.4) is 0 Å². The number of hydrogen-bond donors (Lipinski definition) is 2. The number of benzene rings is 2. The van der Waals surface area contributed by atoms with Crippen LogP contribution in [0.4, 0.5) is 4.39 Å². The lowest BCUT2D eigenvalue weighted by atomic mass is 10.0. The molecule has 0 fully saturated rings. The van der Waals surface area contributed by atoms with Gasteiger partial charge in [-0.2, -0.15) is 0 Å². The van der Waals surface area contributed by atoms with Crippen LogP contribution in [0, 0.1) is 5.82 Å². The number of nitrogens with one attached hydrogen (secondary N) is 1. The van der Waals surface area contributed by atoms with E-state index in [1.807, 2.05) is 37.3 Å². The summed E-state index contributed by atoms with van der Waals surface area (Å²) in [4.78, 5) is 12.1. The van der Waals surface area contributed by atoms with E-state index in [2.05, 4.69) is 5.32 Å². The topological polar surface area (TPSA) is 58.6 Å². The maximum atomic E-state index is 13.6. The Morgan fingerprint density at radius 1 is 1.25 bits per heavy atom. The van der Waals surface area contributed by atoms with E-state index in [0.717, 1.165) is 5.56 Å². The van der Waals surface area contributed by atoms with E-state index < -0.39 is 11.9 Å². The van der Waals surface area contributed by atoms with Gasteiger partial charge in [0.2, 0.25) is 5.91 Å². The fourth-order valence-electron chi connectivity index (χ4n) is 2.54. The number of methoxy groups -OCH3 is 1. The molecular formula is C19H22FNO3. The van der Waals surface area contributed by atoms with Crippen LogP contribution in [0.2, 0.25) is 0 Å². The minimum Gasteiger partial charge on any atom is -0.494 e. The predicted octanol–water partition coefficient (Wildman–Crippen LogP) is 3.01. The number of halogens is 1. The highest BCUT2D eigenvalue weighted by atomic mass is 19.1. The van der Waals surface area contributed by atoms with Gasteiger partial charge in [0.15, 0.2) is 11.6 Å². The van der Waals surface area contributed by atoms with E-state index in [1.165, 1.54) is 19.2 Å². The second kappa shape index (κ2) is 8.45. The number of hydrogen-bond acceptors (Lipinski definition) is 3. The van der Waals surface area contributed by atoms with Gasteiger partial charge in [-0.1, -0.05) is 36.4 Å².